The molecule has 1 N–H and O–H groups in total. The Morgan fingerprint density at radius 3 is 3.08 bits per heavy atom. The second-order valence-corrected chi connectivity index (χ2v) is 3.51. The monoisotopic (exact) mass is 175 g/mol. The van der Waals surface area contributed by atoms with Crippen molar-refractivity contribution in [3.8, 4) is 6.07 Å². The predicted octanol–water partition coefficient (Wildman–Crippen LogP) is 0.969. The van der Waals surface area contributed by atoms with Crippen molar-refractivity contribution >= 4 is 0 Å². The van der Waals surface area contributed by atoms with Gasteiger partial charge in [0.15, 0.2) is 0 Å². The van der Waals surface area contributed by atoms with Gasteiger partial charge in [0.05, 0.1) is 0 Å². The Labute approximate surface area is 78.0 Å². The summed E-state index contributed by atoms with van der Waals surface area (Å²) in [7, 11) is 0. The maximum Gasteiger partial charge on any atom is 0.120 e. The normalized spacial score (nSPS) is 16.5. The maximum atomic E-state index is 8.76. The van der Waals surface area contributed by atoms with E-state index in [1.54, 1.807) is 0 Å². The topological polar surface area (TPSA) is 40.8 Å². The summed E-state index contributed by atoms with van der Waals surface area (Å²) in [6, 6.07) is 5.97. The molecule has 1 fully saturated rings. The first-order chi connectivity index (χ1) is 6.40. The van der Waals surface area contributed by atoms with Crippen LogP contribution in [0.25, 0.3) is 0 Å². The summed E-state index contributed by atoms with van der Waals surface area (Å²) in [5, 5.41) is 12.0. The summed E-state index contributed by atoms with van der Waals surface area (Å²) < 4.78 is 2.03. The zero-order valence-electron chi connectivity index (χ0n) is 7.53. The molecule has 68 valence electrons. The number of rotatable bonds is 3. The molecule has 0 unspecified atom stereocenters. The first kappa shape index (κ1) is 8.33. The lowest BCUT2D eigenvalue weighted by Gasteiger charge is -2.27. The molecular weight excluding hydrogens is 162 g/mol. The van der Waals surface area contributed by atoms with Gasteiger partial charge in [-0.05, 0) is 37.6 Å². The Bertz CT molecular complexity index is 317. The van der Waals surface area contributed by atoms with E-state index in [4.69, 9.17) is 5.26 Å². The molecule has 1 aliphatic rings. The van der Waals surface area contributed by atoms with Crippen LogP contribution in [0.4, 0.5) is 0 Å². The molecule has 0 bridgehead atoms. The molecule has 0 atom stereocenters. The van der Waals surface area contributed by atoms with E-state index < -0.39 is 0 Å². The fourth-order valence-corrected chi connectivity index (χ4v) is 1.58. The molecule has 2 heterocycles. The van der Waals surface area contributed by atoms with Gasteiger partial charge in [-0.3, -0.25) is 0 Å². The van der Waals surface area contributed by atoms with Crippen LogP contribution in [-0.4, -0.2) is 17.7 Å². The molecule has 0 aliphatic carbocycles. The number of aromatic nitrogens is 1. The van der Waals surface area contributed by atoms with Crippen LogP contribution >= 0.6 is 0 Å². The van der Waals surface area contributed by atoms with Crippen LogP contribution in [0.15, 0.2) is 18.3 Å². The third kappa shape index (κ3) is 1.73. The van der Waals surface area contributed by atoms with Crippen molar-refractivity contribution in [1.29, 1.82) is 5.26 Å². The first-order valence-corrected chi connectivity index (χ1v) is 4.66. The molecule has 0 aromatic carbocycles. The standard InChI is InChI=1S/C10H13N3/c11-6-10-2-1-4-13(10)5-3-9-7-12-8-9/h1-2,4,9,12H,3,5,7-8H2. The first-order valence-electron chi connectivity index (χ1n) is 4.66. The van der Waals surface area contributed by atoms with E-state index >= 15 is 0 Å². The van der Waals surface area contributed by atoms with Gasteiger partial charge in [0, 0.05) is 12.7 Å². The van der Waals surface area contributed by atoms with Gasteiger partial charge in [0.2, 0.25) is 0 Å². The smallest absolute Gasteiger partial charge is 0.120 e. The van der Waals surface area contributed by atoms with Crippen LogP contribution in [0.2, 0.25) is 0 Å². The fraction of sp³-hybridized carbons (Fsp3) is 0.500. The average Bonchev–Trinajstić information content (AvgIpc) is 2.49. The van der Waals surface area contributed by atoms with Gasteiger partial charge >= 0.3 is 0 Å². The lowest BCUT2D eigenvalue weighted by Crippen LogP contribution is -2.42. The van der Waals surface area contributed by atoms with Crippen LogP contribution in [0, 0.1) is 17.2 Å². The van der Waals surface area contributed by atoms with Gasteiger partial charge in [-0.25, -0.2) is 0 Å². The Hall–Kier alpha value is -1.27. The number of hydrogen-bond acceptors (Lipinski definition) is 2. The van der Waals surface area contributed by atoms with Gasteiger partial charge in [-0.15, -0.1) is 0 Å². The van der Waals surface area contributed by atoms with E-state index in [9.17, 15) is 0 Å². The number of aryl methyl sites for hydroxylation is 1. The van der Waals surface area contributed by atoms with Gasteiger partial charge < -0.3 is 9.88 Å². The Balaban J connectivity index is 1.90. The number of nitriles is 1. The molecule has 1 aromatic rings. The van der Waals surface area contributed by atoms with Crippen molar-refractivity contribution in [3.63, 3.8) is 0 Å². The van der Waals surface area contributed by atoms with E-state index in [0.29, 0.717) is 0 Å². The minimum Gasteiger partial charge on any atom is -0.339 e. The van der Waals surface area contributed by atoms with Gasteiger partial charge in [-0.1, -0.05) is 0 Å². The summed E-state index contributed by atoms with van der Waals surface area (Å²) in [6.45, 7) is 3.26. The number of hydrogen-bond donors (Lipinski definition) is 1. The van der Waals surface area contributed by atoms with Crippen molar-refractivity contribution in [3.05, 3.63) is 24.0 Å². The molecule has 1 aromatic heterocycles. The lowest BCUT2D eigenvalue weighted by atomic mass is 9.99. The van der Waals surface area contributed by atoms with E-state index in [1.165, 1.54) is 6.42 Å². The van der Waals surface area contributed by atoms with Crippen LogP contribution < -0.4 is 5.32 Å². The van der Waals surface area contributed by atoms with Crippen molar-refractivity contribution < 1.29 is 0 Å². The molecule has 0 amide bonds. The second kappa shape index (κ2) is 3.63. The van der Waals surface area contributed by atoms with E-state index in [0.717, 1.165) is 31.2 Å². The van der Waals surface area contributed by atoms with Crippen LogP contribution in [0.3, 0.4) is 0 Å². The predicted molar refractivity (Wildman–Crippen MR) is 50.1 cm³/mol. The maximum absolute atomic E-state index is 8.76. The highest BCUT2D eigenvalue weighted by molar-refractivity contribution is 5.21. The molecule has 3 heteroatoms. The van der Waals surface area contributed by atoms with E-state index in [2.05, 4.69) is 11.4 Å². The van der Waals surface area contributed by atoms with Crippen molar-refractivity contribution in [2.45, 2.75) is 13.0 Å². The van der Waals surface area contributed by atoms with Crippen LogP contribution in [0.5, 0.6) is 0 Å². The molecule has 3 nitrogen and oxygen atoms in total. The Morgan fingerprint density at radius 1 is 1.62 bits per heavy atom. The van der Waals surface area contributed by atoms with Crippen LogP contribution in [-0.2, 0) is 6.54 Å². The zero-order valence-corrected chi connectivity index (χ0v) is 7.53. The highest BCUT2D eigenvalue weighted by Crippen LogP contribution is 2.11. The minimum atomic E-state index is 0.771. The minimum absolute atomic E-state index is 0.771. The Kier molecular flexibility index (Phi) is 2.33. The van der Waals surface area contributed by atoms with E-state index in [1.807, 2.05) is 22.9 Å². The van der Waals surface area contributed by atoms with Gasteiger partial charge in [-0.2, -0.15) is 5.26 Å². The highest BCUT2D eigenvalue weighted by atomic mass is 15.0. The van der Waals surface area contributed by atoms with Gasteiger partial charge in [0.1, 0.15) is 11.8 Å². The summed E-state index contributed by atoms with van der Waals surface area (Å²) in [4.78, 5) is 0. The molecular formula is C10H13N3. The van der Waals surface area contributed by atoms with Crippen molar-refractivity contribution in [2.75, 3.05) is 13.1 Å². The van der Waals surface area contributed by atoms with Gasteiger partial charge in [0.25, 0.3) is 0 Å². The third-order valence-corrected chi connectivity index (χ3v) is 2.59. The fourth-order valence-electron chi connectivity index (χ4n) is 1.58. The molecule has 0 spiro atoms. The van der Waals surface area contributed by atoms with Crippen LogP contribution in [0.1, 0.15) is 12.1 Å². The summed E-state index contributed by atoms with van der Waals surface area (Å²) in [5.74, 6) is 0.814. The third-order valence-electron chi connectivity index (χ3n) is 2.59. The summed E-state index contributed by atoms with van der Waals surface area (Å²) in [6.07, 6.45) is 3.15. The molecule has 13 heavy (non-hydrogen) atoms. The molecule has 2 rings (SSSR count). The quantitative estimate of drug-likeness (QED) is 0.743. The highest BCUT2D eigenvalue weighted by Gasteiger charge is 2.16. The molecule has 0 saturated carbocycles. The lowest BCUT2D eigenvalue weighted by molar-refractivity contribution is 0.312. The summed E-state index contributed by atoms with van der Waals surface area (Å²) >= 11 is 0. The number of nitrogens with one attached hydrogen (secondary N) is 1. The summed E-state index contributed by atoms with van der Waals surface area (Å²) in [5.41, 5.74) is 0.771. The largest absolute Gasteiger partial charge is 0.339 e. The molecule has 0 radical (unpaired) electrons. The van der Waals surface area contributed by atoms with E-state index in [-0.39, 0.29) is 0 Å². The van der Waals surface area contributed by atoms with Crippen molar-refractivity contribution in [2.24, 2.45) is 5.92 Å². The molecule has 1 aliphatic heterocycles. The zero-order chi connectivity index (χ0) is 9.10. The van der Waals surface area contributed by atoms with Crippen molar-refractivity contribution in [1.82, 2.24) is 9.88 Å². The Morgan fingerprint density at radius 2 is 2.46 bits per heavy atom. The average molecular weight is 175 g/mol. The number of nitrogens with zero attached hydrogens (tertiary/aromatic N) is 2. The second-order valence-electron chi connectivity index (χ2n) is 3.51. The SMILES string of the molecule is N#Cc1cccn1CCC1CNC1. The molecule has 1 saturated heterocycles.